The number of thioether (sulfide) groups is 2. The molecule has 0 atom stereocenters. The van der Waals surface area contributed by atoms with Crippen molar-refractivity contribution >= 4 is 33.9 Å². The predicted octanol–water partition coefficient (Wildman–Crippen LogP) is 3.45. The standard InChI is InChI=1S/C10H8F6N4S2/c1-19-5(9(11,12)13)3-21-7(19)17-18-8-20(2)6(4-22-8)10(14,15)16/h3-4H,1-2H3/q+2/b17-7+,18-8+. The Morgan fingerprint density at radius 2 is 1.09 bits per heavy atom. The second-order valence-corrected chi connectivity index (χ2v) is 5.79. The lowest BCUT2D eigenvalue weighted by Gasteiger charge is -2.06. The second-order valence-electron chi connectivity index (χ2n) is 4.12. The maximum atomic E-state index is 12.6. The third-order valence-corrected chi connectivity index (χ3v) is 4.47. The van der Waals surface area contributed by atoms with E-state index in [0.717, 1.165) is 34.7 Å². The van der Waals surface area contributed by atoms with Gasteiger partial charge in [-0.25, -0.2) is 0 Å². The van der Waals surface area contributed by atoms with Gasteiger partial charge in [-0.05, 0) is 23.5 Å². The average Bonchev–Trinajstić information content (AvgIpc) is 2.89. The molecule has 4 nitrogen and oxygen atoms in total. The Bertz CT molecular complexity index is 537. The molecule has 0 unspecified atom stereocenters. The molecule has 120 valence electrons. The van der Waals surface area contributed by atoms with Crippen LogP contribution in [0.3, 0.4) is 0 Å². The van der Waals surface area contributed by atoms with Crippen LogP contribution >= 0.6 is 23.5 Å². The van der Waals surface area contributed by atoms with Crippen LogP contribution in [0.5, 0.6) is 0 Å². The molecule has 0 amide bonds. The van der Waals surface area contributed by atoms with Crippen molar-refractivity contribution < 1.29 is 26.3 Å². The first-order valence-corrected chi connectivity index (χ1v) is 7.29. The number of hydrogen-bond acceptors (Lipinski definition) is 4. The van der Waals surface area contributed by atoms with Crippen LogP contribution in [0.1, 0.15) is 0 Å². The fourth-order valence-electron chi connectivity index (χ4n) is 1.52. The van der Waals surface area contributed by atoms with Crippen LogP contribution in [0.2, 0.25) is 0 Å². The van der Waals surface area contributed by atoms with Crippen molar-refractivity contribution in [1.29, 1.82) is 0 Å². The van der Waals surface area contributed by atoms with Crippen molar-refractivity contribution in [3.8, 4) is 0 Å². The third kappa shape index (κ3) is 3.50. The smallest absolute Gasteiger partial charge is 0.161 e. The van der Waals surface area contributed by atoms with E-state index >= 15 is 0 Å². The number of alkyl halides is 6. The highest BCUT2D eigenvalue weighted by Crippen LogP contribution is 2.36. The monoisotopic (exact) mass is 362 g/mol. The molecule has 0 saturated heterocycles. The van der Waals surface area contributed by atoms with Gasteiger partial charge in [0, 0.05) is 0 Å². The van der Waals surface area contributed by atoms with E-state index in [2.05, 4.69) is 10.2 Å². The van der Waals surface area contributed by atoms with Gasteiger partial charge >= 0.3 is 22.7 Å². The fourth-order valence-corrected chi connectivity index (χ4v) is 3.23. The van der Waals surface area contributed by atoms with Gasteiger partial charge in [0.2, 0.25) is 0 Å². The topological polar surface area (TPSA) is 36.5 Å². The van der Waals surface area contributed by atoms with Crippen LogP contribution in [0.15, 0.2) is 32.4 Å². The zero-order chi connectivity index (χ0) is 16.7. The van der Waals surface area contributed by atoms with Crippen molar-refractivity contribution in [3.05, 3.63) is 22.2 Å². The molecule has 12 heteroatoms. The van der Waals surface area contributed by atoms with E-state index in [9.17, 15) is 26.3 Å². The summed E-state index contributed by atoms with van der Waals surface area (Å²) >= 11 is 1.39. The van der Waals surface area contributed by atoms with Gasteiger partial charge in [-0.1, -0.05) is 20.0 Å². The number of rotatable bonds is 1. The van der Waals surface area contributed by atoms with E-state index in [1.807, 2.05) is 0 Å². The number of hydrogen-bond donors (Lipinski definition) is 0. The molecule has 22 heavy (non-hydrogen) atoms. The Kier molecular flexibility index (Phi) is 4.66. The molecule has 0 aromatic rings. The van der Waals surface area contributed by atoms with E-state index in [1.165, 1.54) is 0 Å². The van der Waals surface area contributed by atoms with E-state index in [4.69, 9.17) is 0 Å². The lowest BCUT2D eigenvalue weighted by atomic mass is 10.4. The summed E-state index contributed by atoms with van der Waals surface area (Å²) in [7, 11) is 2.31. The van der Waals surface area contributed by atoms with Gasteiger partial charge in [0.25, 0.3) is 11.4 Å². The quantitative estimate of drug-likeness (QED) is 0.407. The summed E-state index contributed by atoms with van der Waals surface area (Å²) in [6.07, 6.45) is -9.06. The maximum Gasteiger partial charge on any atom is 0.473 e. The van der Waals surface area contributed by atoms with Crippen LogP contribution in [-0.4, -0.2) is 36.8 Å². The maximum absolute atomic E-state index is 12.6. The normalized spacial score (nSPS) is 25.3. The first kappa shape index (κ1) is 17.4. The number of halogens is 6. The van der Waals surface area contributed by atoms with Gasteiger partial charge < -0.3 is 0 Å². The molecular weight excluding hydrogens is 354 g/mol. The van der Waals surface area contributed by atoms with Crippen LogP contribution in [0, 0.1) is 0 Å². The number of allylic oxidation sites excluding steroid dienone is 2. The molecule has 2 aliphatic rings. The Morgan fingerprint density at radius 3 is 1.32 bits per heavy atom. The van der Waals surface area contributed by atoms with Gasteiger partial charge in [0.1, 0.15) is 14.1 Å². The summed E-state index contributed by atoms with van der Waals surface area (Å²) in [5.74, 6) is 0. The summed E-state index contributed by atoms with van der Waals surface area (Å²) in [5, 5.41) is 8.77. The highest BCUT2D eigenvalue weighted by Gasteiger charge is 2.52. The van der Waals surface area contributed by atoms with Crippen LogP contribution in [0.25, 0.3) is 0 Å². The molecule has 0 aliphatic carbocycles. The lowest BCUT2D eigenvalue weighted by Crippen LogP contribution is -2.34. The highest BCUT2D eigenvalue weighted by atomic mass is 32.2. The summed E-state index contributed by atoms with van der Waals surface area (Å²) in [5.41, 5.74) is -1.81. The van der Waals surface area contributed by atoms with Crippen molar-refractivity contribution in [2.45, 2.75) is 12.4 Å². The molecule has 2 aliphatic heterocycles. The molecule has 2 rings (SSSR count). The molecule has 0 spiro atoms. The van der Waals surface area contributed by atoms with Crippen molar-refractivity contribution in [1.82, 2.24) is 9.80 Å². The van der Waals surface area contributed by atoms with E-state index in [-0.39, 0.29) is 10.3 Å². The fraction of sp³-hybridized carbons (Fsp3) is 0.400. The zero-order valence-corrected chi connectivity index (χ0v) is 12.7. The SMILES string of the molecule is C[N+]1C(C(F)(F)F)=CS/C1=N/N=C1/SC=C(C(F)(F)F)[N+]1C. The van der Waals surface area contributed by atoms with Gasteiger partial charge in [0.05, 0.1) is 10.8 Å². The number of amidine groups is 2. The van der Waals surface area contributed by atoms with E-state index in [1.54, 1.807) is 0 Å². The molecule has 0 fully saturated rings. The summed E-state index contributed by atoms with van der Waals surface area (Å²) < 4.78 is 75.7. The first-order valence-electron chi connectivity index (χ1n) is 5.53. The van der Waals surface area contributed by atoms with Crippen molar-refractivity contribution in [2.75, 3.05) is 14.1 Å². The van der Waals surface area contributed by atoms with Gasteiger partial charge in [-0.15, -0.1) is 0 Å². The van der Waals surface area contributed by atoms with Crippen LogP contribution in [0.4, 0.5) is 26.3 Å². The molecule has 0 aromatic heterocycles. The summed E-state index contributed by atoms with van der Waals surface area (Å²) in [4.78, 5) is 1.57. The van der Waals surface area contributed by atoms with Gasteiger partial charge in [0.15, 0.2) is 0 Å². The Morgan fingerprint density at radius 1 is 0.773 bits per heavy atom. The molecule has 0 aromatic carbocycles. The van der Waals surface area contributed by atoms with E-state index < -0.39 is 23.7 Å². The first-order chi connectivity index (χ1) is 10.0. The van der Waals surface area contributed by atoms with Crippen LogP contribution in [-0.2, 0) is 0 Å². The number of nitrogens with zero attached hydrogens (tertiary/aromatic N) is 4. The largest absolute Gasteiger partial charge is 0.473 e. The molecule has 2 radical (unpaired) electrons. The van der Waals surface area contributed by atoms with E-state index in [0.29, 0.717) is 23.5 Å². The van der Waals surface area contributed by atoms with Gasteiger partial charge in [-0.2, -0.15) is 26.3 Å². The molecular formula is C10H8F6N4S2+2. The summed E-state index contributed by atoms with van der Waals surface area (Å²) in [6, 6.07) is 0. The summed E-state index contributed by atoms with van der Waals surface area (Å²) in [6.45, 7) is 0. The molecule has 0 N–H and O–H groups in total. The molecule has 0 saturated carbocycles. The third-order valence-electron chi connectivity index (χ3n) is 2.65. The molecule has 0 bridgehead atoms. The Labute approximate surface area is 129 Å². The Hall–Kier alpha value is -0.980. The zero-order valence-electron chi connectivity index (χ0n) is 11.0. The Balaban J connectivity index is 2.12. The average molecular weight is 362 g/mol. The minimum atomic E-state index is -4.53. The second kappa shape index (κ2) is 5.91. The van der Waals surface area contributed by atoms with Crippen molar-refractivity contribution in [2.24, 2.45) is 10.2 Å². The predicted molar refractivity (Wildman–Crippen MR) is 74.4 cm³/mol. The van der Waals surface area contributed by atoms with Crippen molar-refractivity contribution in [3.63, 3.8) is 0 Å². The highest BCUT2D eigenvalue weighted by molar-refractivity contribution is 8.17. The minimum absolute atomic E-state index is 0.0747. The van der Waals surface area contributed by atoms with Gasteiger partial charge in [-0.3, -0.25) is 0 Å². The molecule has 2 heterocycles. The lowest BCUT2D eigenvalue weighted by molar-refractivity contribution is -0.0992. The van der Waals surface area contributed by atoms with Crippen LogP contribution < -0.4 is 9.80 Å². The minimum Gasteiger partial charge on any atom is -0.161 e.